The van der Waals surface area contributed by atoms with E-state index in [4.69, 9.17) is 9.47 Å². The molecule has 0 aromatic heterocycles. The Morgan fingerprint density at radius 3 is 2.10 bits per heavy atom. The van der Waals surface area contributed by atoms with Crippen LogP contribution in [0.4, 0.5) is 4.79 Å². The molecule has 158 valence electrons. The van der Waals surface area contributed by atoms with Crippen LogP contribution in [0.2, 0.25) is 0 Å². The number of nitrogens with one attached hydrogen (secondary N) is 1. The Bertz CT molecular complexity index is 899. The predicted molar refractivity (Wildman–Crippen MR) is 117 cm³/mol. The molecule has 5 heteroatoms. The zero-order chi connectivity index (χ0) is 21.9. The van der Waals surface area contributed by atoms with E-state index in [0.29, 0.717) is 0 Å². The minimum absolute atomic E-state index is 0.0417. The lowest BCUT2D eigenvalue weighted by Gasteiger charge is -2.26. The summed E-state index contributed by atoms with van der Waals surface area (Å²) >= 11 is 0. The highest BCUT2D eigenvalue weighted by Gasteiger charge is 2.32. The minimum atomic E-state index is -0.864. The number of hydrogen-bond donors (Lipinski definition) is 1. The highest BCUT2D eigenvalue weighted by Crippen LogP contribution is 2.44. The van der Waals surface area contributed by atoms with Crippen molar-refractivity contribution in [3.8, 4) is 11.1 Å². The first-order valence-electron chi connectivity index (χ1n) is 10.2. The number of carbonyl (C=O) groups is 2. The average Bonchev–Trinajstić information content (AvgIpc) is 3.02. The van der Waals surface area contributed by atoms with Crippen molar-refractivity contribution < 1.29 is 19.1 Å². The number of esters is 1. The number of alkyl carbamates (subject to hydrolysis) is 1. The fraction of sp³-hybridized carbons (Fsp3) is 0.360. The third-order valence-electron chi connectivity index (χ3n) is 5.18. The summed E-state index contributed by atoms with van der Waals surface area (Å²) in [6.45, 7) is 11.1. The van der Waals surface area contributed by atoms with Crippen molar-refractivity contribution in [2.75, 3.05) is 6.61 Å². The molecule has 2 aromatic rings. The molecule has 0 radical (unpaired) electrons. The Morgan fingerprint density at radius 2 is 1.60 bits per heavy atom. The van der Waals surface area contributed by atoms with Crippen LogP contribution in [0.5, 0.6) is 0 Å². The van der Waals surface area contributed by atoms with Crippen molar-refractivity contribution in [2.45, 2.75) is 45.3 Å². The van der Waals surface area contributed by atoms with E-state index < -0.39 is 23.7 Å². The van der Waals surface area contributed by atoms with Gasteiger partial charge in [0.15, 0.2) is 0 Å². The van der Waals surface area contributed by atoms with E-state index in [0.717, 1.165) is 22.3 Å². The molecule has 0 heterocycles. The van der Waals surface area contributed by atoms with Crippen molar-refractivity contribution in [1.82, 2.24) is 5.32 Å². The summed E-state index contributed by atoms with van der Waals surface area (Å²) in [5.74, 6) is -0.858. The quantitative estimate of drug-likeness (QED) is 0.537. The van der Waals surface area contributed by atoms with Gasteiger partial charge in [-0.25, -0.2) is 9.59 Å². The first kappa shape index (κ1) is 21.6. The first-order valence-corrected chi connectivity index (χ1v) is 10.2. The number of ether oxygens (including phenoxy) is 2. The van der Waals surface area contributed by atoms with E-state index in [9.17, 15) is 9.59 Å². The van der Waals surface area contributed by atoms with Crippen LogP contribution in [0.25, 0.3) is 11.1 Å². The number of carbonyl (C=O) groups excluding carboxylic acids is 2. The van der Waals surface area contributed by atoms with Crippen LogP contribution in [0.3, 0.4) is 0 Å². The highest BCUT2D eigenvalue weighted by atomic mass is 16.6. The fourth-order valence-corrected chi connectivity index (χ4v) is 3.67. The molecule has 0 unspecified atom stereocenters. The second-order valence-electron chi connectivity index (χ2n) is 8.58. The molecule has 0 saturated heterocycles. The molecule has 30 heavy (non-hydrogen) atoms. The zero-order valence-corrected chi connectivity index (χ0v) is 18.0. The molecule has 1 aliphatic carbocycles. The molecular weight excluding hydrogens is 378 g/mol. The highest BCUT2D eigenvalue weighted by molar-refractivity contribution is 5.82. The minimum Gasteiger partial charge on any atom is -0.458 e. The molecule has 1 amide bonds. The average molecular weight is 408 g/mol. The third kappa shape index (κ3) is 4.73. The topological polar surface area (TPSA) is 64.6 Å². The van der Waals surface area contributed by atoms with Crippen LogP contribution in [0.15, 0.2) is 61.2 Å². The van der Waals surface area contributed by atoms with Gasteiger partial charge in [0.1, 0.15) is 18.2 Å². The van der Waals surface area contributed by atoms with Gasteiger partial charge in [-0.05, 0) is 43.0 Å². The lowest BCUT2D eigenvalue weighted by Crippen LogP contribution is -2.47. The maximum Gasteiger partial charge on any atom is 0.407 e. The van der Waals surface area contributed by atoms with Crippen molar-refractivity contribution in [1.29, 1.82) is 0 Å². The van der Waals surface area contributed by atoms with E-state index in [2.05, 4.69) is 36.2 Å². The summed E-state index contributed by atoms with van der Waals surface area (Å²) in [5, 5.41) is 2.66. The van der Waals surface area contributed by atoms with Crippen LogP contribution < -0.4 is 5.32 Å². The molecule has 2 atom stereocenters. The van der Waals surface area contributed by atoms with Crippen LogP contribution >= 0.6 is 0 Å². The second kappa shape index (κ2) is 8.74. The molecule has 5 nitrogen and oxygen atoms in total. The summed E-state index contributed by atoms with van der Waals surface area (Å²) in [6.07, 6.45) is 0.958. The first-order chi connectivity index (χ1) is 14.2. The summed E-state index contributed by atoms with van der Waals surface area (Å²) in [5.41, 5.74) is 3.94. The van der Waals surface area contributed by atoms with Crippen molar-refractivity contribution in [3.63, 3.8) is 0 Å². The van der Waals surface area contributed by atoms with Crippen LogP contribution in [-0.4, -0.2) is 30.3 Å². The lowest BCUT2D eigenvalue weighted by atomic mass is 9.98. The molecule has 1 N–H and O–H groups in total. The third-order valence-corrected chi connectivity index (χ3v) is 5.18. The Morgan fingerprint density at radius 1 is 1.07 bits per heavy atom. The van der Waals surface area contributed by atoms with Gasteiger partial charge in [-0.3, -0.25) is 0 Å². The van der Waals surface area contributed by atoms with Gasteiger partial charge in [-0.2, -0.15) is 0 Å². The van der Waals surface area contributed by atoms with Gasteiger partial charge in [0.25, 0.3) is 0 Å². The lowest BCUT2D eigenvalue weighted by molar-refractivity contribution is -0.158. The zero-order valence-electron chi connectivity index (χ0n) is 18.0. The Kier molecular flexibility index (Phi) is 6.30. The van der Waals surface area contributed by atoms with E-state index in [1.54, 1.807) is 33.8 Å². The molecule has 0 spiro atoms. The molecule has 0 saturated carbocycles. The SMILES string of the molecule is C=C[C@H](C)[C@H](NC(=O)OCC1c2ccccc2-c2ccccc21)C(=O)OC(C)(C)C. The van der Waals surface area contributed by atoms with E-state index in [1.165, 1.54) is 0 Å². The molecule has 0 bridgehead atoms. The summed E-state index contributed by atoms with van der Waals surface area (Å²) in [6, 6.07) is 15.4. The normalized spacial score (nSPS) is 14.8. The number of fused-ring (bicyclic) bond motifs is 3. The van der Waals surface area contributed by atoms with E-state index in [-0.39, 0.29) is 18.4 Å². The summed E-state index contributed by atoms with van der Waals surface area (Å²) in [7, 11) is 0. The van der Waals surface area contributed by atoms with Crippen molar-refractivity contribution >= 4 is 12.1 Å². The predicted octanol–water partition coefficient (Wildman–Crippen LogP) is 5.06. The van der Waals surface area contributed by atoms with Gasteiger partial charge in [0.05, 0.1) is 0 Å². The smallest absolute Gasteiger partial charge is 0.407 e. The molecule has 3 rings (SSSR count). The molecular formula is C25H29NO4. The Labute approximate surface area is 178 Å². The van der Waals surface area contributed by atoms with Gasteiger partial charge < -0.3 is 14.8 Å². The van der Waals surface area contributed by atoms with Crippen LogP contribution in [0, 0.1) is 5.92 Å². The number of benzene rings is 2. The van der Waals surface area contributed by atoms with Gasteiger partial charge in [-0.1, -0.05) is 61.5 Å². The van der Waals surface area contributed by atoms with E-state index in [1.807, 2.05) is 24.3 Å². The molecule has 1 aliphatic rings. The van der Waals surface area contributed by atoms with Crippen LogP contribution in [-0.2, 0) is 14.3 Å². The monoisotopic (exact) mass is 407 g/mol. The summed E-state index contributed by atoms with van der Waals surface area (Å²) < 4.78 is 11.0. The fourth-order valence-electron chi connectivity index (χ4n) is 3.67. The molecule has 0 aliphatic heterocycles. The largest absolute Gasteiger partial charge is 0.458 e. The van der Waals surface area contributed by atoms with E-state index >= 15 is 0 Å². The Hall–Kier alpha value is -3.08. The maximum absolute atomic E-state index is 12.5. The molecule has 2 aromatic carbocycles. The van der Waals surface area contributed by atoms with Gasteiger partial charge in [0.2, 0.25) is 0 Å². The standard InChI is InChI=1S/C25H29NO4/c1-6-16(2)22(23(27)30-25(3,4)5)26-24(28)29-15-21-19-13-9-7-11-17(19)18-12-8-10-14-20(18)21/h6-14,16,21-22H,1,15H2,2-5H3,(H,26,28)/t16-,22-/m0/s1. The van der Waals surface area contributed by atoms with Crippen molar-refractivity contribution in [3.05, 3.63) is 72.3 Å². The van der Waals surface area contributed by atoms with Gasteiger partial charge in [-0.15, -0.1) is 6.58 Å². The van der Waals surface area contributed by atoms with Crippen LogP contribution in [0.1, 0.15) is 44.7 Å². The van der Waals surface area contributed by atoms with Gasteiger partial charge >= 0.3 is 12.1 Å². The number of rotatable bonds is 6. The molecule has 0 fully saturated rings. The maximum atomic E-state index is 12.5. The Balaban J connectivity index is 1.70. The second-order valence-corrected chi connectivity index (χ2v) is 8.58. The van der Waals surface area contributed by atoms with Gasteiger partial charge in [0, 0.05) is 11.8 Å². The summed E-state index contributed by atoms with van der Waals surface area (Å²) in [4.78, 5) is 25.1. The van der Waals surface area contributed by atoms with Crippen molar-refractivity contribution in [2.24, 2.45) is 5.92 Å². The number of amides is 1. The number of hydrogen-bond acceptors (Lipinski definition) is 4.